The van der Waals surface area contributed by atoms with Crippen LogP contribution in [0.15, 0.2) is 0 Å². The Labute approximate surface area is 271 Å². The van der Waals surface area contributed by atoms with Gasteiger partial charge in [0.1, 0.15) is 8.64 Å². The maximum Gasteiger partial charge on any atom is 0.147 e. The van der Waals surface area contributed by atoms with Crippen LogP contribution in [-0.4, -0.2) is 42.6 Å². The van der Waals surface area contributed by atoms with E-state index in [1.54, 1.807) is 21.6 Å². The maximum atomic E-state index is 6.30. The molecule has 0 heterocycles. The molecule has 0 aromatic heterocycles. The van der Waals surface area contributed by atoms with Gasteiger partial charge in [-0.25, -0.2) is 0 Å². The van der Waals surface area contributed by atoms with E-state index in [1.807, 2.05) is 0 Å². The van der Waals surface area contributed by atoms with Gasteiger partial charge < -0.3 is 9.80 Å². The van der Waals surface area contributed by atoms with Gasteiger partial charge in [0.05, 0.1) is 0 Å². The van der Waals surface area contributed by atoms with Crippen molar-refractivity contribution in [2.45, 2.75) is 184 Å². The van der Waals surface area contributed by atoms with E-state index in [1.165, 1.54) is 51.4 Å². The summed E-state index contributed by atoms with van der Waals surface area (Å²) in [6.07, 6.45) is 14.3. The minimum atomic E-state index is 0.497. The van der Waals surface area contributed by atoms with Gasteiger partial charge in [-0.05, 0) is 96.6 Å². The monoisotopic (exact) mass is 632 g/mol. The fraction of sp³-hybridized carbons (Fsp3) is 0.941. The van der Waals surface area contributed by atoms with Gasteiger partial charge >= 0.3 is 0 Å². The molecule has 8 unspecified atom stereocenters. The molecule has 0 saturated heterocycles. The summed E-state index contributed by atoms with van der Waals surface area (Å²) in [7, 11) is 3.55. The van der Waals surface area contributed by atoms with Crippen LogP contribution in [0.5, 0.6) is 0 Å². The number of hydrogen-bond acceptors (Lipinski definition) is 4. The standard InChI is InChI=1S/C34H68N2S4/c1-13-25(9)21-29(17-5)35(30(18-6)22-26(10)14-2)33(37)39-40-34(38)36(31(19-7)23-27(11)15-3)32(20-8)24-28(12)16-4/h25-32H,13-24H2,1-12H3. The van der Waals surface area contributed by atoms with Crippen molar-refractivity contribution in [1.29, 1.82) is 0 Å². The maximum absolute atomic E-state index is 6.30. The molecular weight excluding hydrogens is 565 g/mol. The summed E-state index contributed by atoms with van der Waals surface area (Å²) in [5.41, 5.74) is 0. The van der Waals surface area contributed by atoms with Gasteiger partial charge in [0.15, 0.2) is 0 Å². The van der Waals surface area contributed by atoms with E-state index in [0.717, 1.165) is 34.3 Å². The van der Waals surface area contributed by atoms with Crippen molar-refractivity contribution in [1.82, 2.24) is 9.80 Å². The van der Waals surface area contributed by atoms with Crippen LogP contribution in [0.1, 0.15) is 160 Å². The Hall–Kier alpha value is 0.480. The average molecular weight is 633 g/mol. The van der Waals surface area contributed by atoms with E-state index < -0.39 is 0 Å². The van der Waals surface area contributed by atoms with Crippen molar-refractivity contribution < 1.29 is 0 Å². The summed E-state index contributed by atoms with van der Waals surface area (Å²) in [5.74, 6) is 2.84. The summed E-state index contributed by atoms with van der Waals surface area (Å²) in [5, 5.41) is 0. The van der Waals surface area contributed by atoms with Gasteiger partial charge in [-0.1, -0.05) is 133 Å². The lowest BCUT2D eigenvalue weighted by atomic mass is 9.92. The van der Waals surface area contributed by atoms with Gasteiger partial charge in [0, 0.05) is 24.2 Å². The molecule has 8 atom stereocenters. The topological polar surface area (TPSA) is 6.48 Å². The van der Waals surface area contributed by atoms with E-state index in [-0.39, 0.29) is 0 Å². The molecule has 0 fully saturated rings. The summed E-state index contributed by atoms with van der Waals surface area (Å²) in [6.45, 7) is 28.3. The average Bonchev–Trinajstić information content (AvgIpc) is 2.96. The van der Waals surface area contributed by atoms with E-state index in [9.17, 15) is 0 Å². The van der Waals surface area contributed by atoms with E-state index in [2.05, 4.69) is 92.9 Å². The highest BCUT2D eigenvalue weighted by Crippen LogP contribution is 2.37. The normalized spacial score (nSPS) is 17.8. The molecule has 0 aliphatic heterocycles. The molecule has 238 valence electrons. The van der Waals surface area contributed by atoms with Crippen LogP contribution in [0.4, 0.5) is 0 Å². The molecule has 0 aromatic carbocycles. The first-order valence-electron chi connectivity index (χ1n) is 17.0. The van der Waals surface area contributed by atoms with Crippen molar-refractivity contribution in [3.63, 3.8) is 0 Å². The lowest BCUT2D eigenvalue weighted by Crippen LogP contribution is -2.47. The summed E-state index contributed by atoms with van der Waals surface area (Å²) >= 11 is 12.6. The highest BCUT2D eigenvalue weighted by atomic mass is 33.1. The Morgan fingerprint density at radius 2 is 0.625 bits per heavy atom. The van der Waals surface area contributed by atoms with Crippen LogP contribution in [0.3, 0.4) is 0 Å². The van der Waals surface area contributed by atoms with Crippen molar-refractivity contribution in [3.05, 3.63) is 0 Å². The first kappa shape index (κ1) is 40.5. The van der Waals surface area contributed by atoms with Crippen molar-refractivity contribution in [2.75, 3.05) is 0 Å². The van der Waals surface area contributed by atoms with Crippen molar-refractivity contribution in [2.24, 2.45) is 23.7 Å². The van der Waals surface area contributed by atoms with E-state index in [4.69, 9.17) is 24.4 Å². The smallest absolute Gasteiger partial charge is 0.147 e. The minimum absolute atomic E-state index is 0.497. The van der Waals surface area contributed by atoms with Gasteiger partial charge in [-0.15, -0.1) is 0 Å². The summed E-state index contributed by atoms with van der Waals surface area (Å²) in [6, 6.07) is 1.99. The third-order valence-electron chi connectivity index (χ3n) is 9.55. The van der Waals surface area contributed by atoms with E-state index in [0.29, 0.717) is 47.8 Å². The Bertz CT molecular complexity index is 576. The SMILES string of the molecule is CCC(C)CC(CC)N(C(=S)SSC(=S)N(C(CC)CC(C)CC)C(CC)CC(C)CC)C(CC)CC(C)CC. The van der Waals surface area contributed by atoms with Crippen LogP contribution in [0, 0.1) is 23.7 Å². The quantitative estimate of drug-likeness (QED) is 0.0966. The third-order valence-corrected chi connectivity index (χ3v) is 13.1. The largest absolute Gasteiger partial charge is 0.351 e. The third kappa shape index (κ3) is 14.3. The lowest BCUT2D eigenvalue weighted by Gasteiger charge is -2.42. The predicted octanol–water partition coefficient (Wildman–Crippen LogP) is 12.4. The van der Waals surface area contributed by atoms with Crippen LogP contribution < -0.4 is 0 Å². The zero-order chi connectivity index (χ0) is 30.8. The minimum Gasteiger partial charge on any atom is -0.351 e. The van der Waals surface area contributed by atoms with Crippen LogP contribution in [0.25, 0.3) is 0 Å². The zero-order valence-electron chi connectivity index (χ0n) is 28.6. The fourth-order valence-electron chi connectivity index (χ4n) is 5.78. The highest BCUT2D eigenvalue weighted by molar-refractivity contribution is 8.89. The molecule has 2 nitrogen and oxygen atoms in total. The number of thiocarbonyl (C=S) groups is 2. The number of nitrogens with zero attached hydrogens (tertiary/aromatic N) is 2. The molecule has 0 saturated carbocycles. The van der Waals surface area contributed by atoms with E-state index >= 15 is 0 Å². The van der Waals surface area contributed by atoms with Gasteiger partial charge in [0.2, 0.25) is 0 Å². The highest BCUT2D eigenvalue weighted by Gasteiger charge is 2.32. The molecule has 40 heavy (non-hydrogen) atoms. The molecule has 0 rings (SSSR count). The molecule has 0 spiro atoms. The molecule has 0 N–H and O–H groups in total. The summed E-state index contributed by atoms with van der Waals surface area (Å²) in [4.78, 5) is 5.32. The van der Waals surface area contributed by atoms with Gasteiger partial charge in [-0.2, -0.15) is 0 Å². The Morgan fingerprint density at radius 1 is 0.425 bits per heavy atom. The van der Waals surface area contributed by atoms with Crippen LogP contribution in [0.2, 0.25) is 0 Å². The number of rotatable bonds is 20. The second kappa shape index (κ2) is 22.9. The first-order chi connectivity index (χ1) is 19.0. The molecule has 0 bridgehead atoms. The number of hydrogen-bond donors (Lipinski definition) is 0. The first-order valence-corrected chi connectivity index (χ1v) is 19.9. The zero-order valence-corrected chi connectivity index (χ0v) is 31.9. The van der Waals surface area contributed by atoms with Crippen molar-refractivity contribution in [3.8, 4) is 0 Å². The van der Waals surface area contributed by atoms with Gasteiger partial charge in [0.25, 0.3) is 0 Å². The fourth-order valence-corrected chi connectivity index (χ4v) is 8.85. The molecule has 6 heteroatoms. The van der Waals surface area contributed by atoms with Crippen molar-refractivity contribution >= 4 is 54.7 Å². The lowest BCUT2D eigenvalue weighted by molar-refractivity contribution is 0.178. The Balaban J connectivity index is 6.12. The second-order valence-corrected chi connectivity index (χ2v) is 16.2. The molecule has 0 amide bonds. The van der Waals surface area contributed by atoms with Crippen LogP contribution in [-0.2, 0) is 0 Å². The molecule has 0 aliphatic carbocycles. The Morgan fingerprint density at radius 3 is 0.775 bits per heavy atom. The second-order valence-electron chi connectivity index (χ2n) is 12.8. The molecule has 0 aromatic rings. The Kier molecular flexibility index (Phi) is 23.2. The predicted molar refractivity (Wildman–Crippen MR) is 197 cm³/mol. The van der Waals surface area contributed by atoms with Crippen LogP contribution >= 0.6 is 46.0 Å². The molecular formula is C34H68N2S4. The molecule has 0 radical (unpaired) electrons. The van der Waals surface area contributed by atoms with Gasteiger partial charge in [-0.3, -0.25) is 0 Å². The molecule has 0 aliphatic rings. The summed E-state index contributed by atoms with van der Waals surface area (Å²) < 4.78 is 2.09.